The van der Waals surface area contributed by atoms with Crippen molar-refractivity contribution in [2.24, 2.45) is 5.92 Å². The first-order valence-electron chi connectivity index (χ1n) is 7.75. The van der Waals surface area contributed by atoms with Gasteiger partial charge in [-0.2, -0.15) is 0 Å². The van der Waals surface area contributed by atoms with Crippen LogP contribution in [0.15, 0.2) is 50.0 Å². The fourth-order valence-electron chi connectivity index (χ4n) is 2.66. The van der Waals surface area contributed by atoms with Crippen LogP contribution in [0.5, 0.6) is 0 Å². The van der Waals surface area contributed by atoms with Crippen LogP contribution >= 0.6 is 11.8 Å². The molecule has 0 saturated carbocycles. The second kappa shape index (κ2) is 7.68. The first kappa shape index (κ1) is 16.9. The average Bonchev–Trinajstić information content (AvgIpc) is 2.47. The van der Waals surface area contributed by atoms with Crippen molar-refractivity contribution in [2.45, 2.75) is 44.9 Å². The molecule has 1 atom stereocenters. The maximum absolute atomic E-state index is 12.2. The molecule has 0 bridgehead atoms. The Kier molecular flexibility index (Phi) is 5.90. The normalized spacial score (nSPS) is 12.4. The van der Waals surface area contributed by atoms with Gasteiger partial charge >= 0.3 is 5.63 Å². The molecule has 2 aromatic rings. The average molecular weight is 316 g/mol. The molecule has 1 aromatic heterocycles. The second-order valence-electron chi connectivity index (χ2n) is 6.06. The fraction of sp³-hybridized carbons (Fsp3) is 0.421. The summed E-state index contributed by atoms with van der Waals surface area (Å²) < 4.78 is 5.62. The molecule has 3 heteroatoms. The summed E-state index contributed by atoms with van der Waals surface area (Å²) in [5, 5.41) is 1.69. The Morgan fingerprint density at radius 2 is 1.95 bits per heavy atom. The van der Waals surface area contributed by atoms with Gasteiger partial charge in [-0.25, -0.2) is 4.79 Å². The molecule has 0 unspecified atom stereocenters. The van der Waals surface area contributed by atoms with Crippen molar-refractivity contribution in [3.05, 3.63) is 52.1 Å². The Bertz CT molecular complexity index is 724. The molecule has 0 amide bonds. The van der Waals surface area contributed by atoms with Crippen LogP contribution in [0.3, 0.4) is 0 Å². The van der Waals surface area contributed by atoms with Gasteiger partial charge in [0.05, 0.1) is 10.3 Å². The zero-order chi connectivity index (χ0) is 16.1. The van der Waals surface area contributed by atoms with Crippen LogP contribution < -0.4 is 5.63 Å². The number of thioether (sulfide) groups is 1. The maximum atomic E-state index is 12.2. The lowest BCUT2D eigenvalue weighted by atomic mass is 9.98. The SMILES string of the molecule is CSc1c(C[C@H](C)CCC=C(C)C)oc(=O)c2ccccc12. The van der Waals surface area contributed by atoms with E-state index >= 15 is 0 Å². The molecule has 0 radical (unpaired) electrons. The van der Waals surface area contributed by atoms with Gasteiger partial charge in [0, 0.05) is 11.8 Å². The minimum atomic E-state index is -0.222. The summed E-state index contributed by atoms with van der Waals surface area (Å²) in [5.74, 6) is 1.33. The predicted octanol–water partition coefficient (Wildman–Crippen LogP) is 5.44. The number of benzene rings is 1. The van der Waals surface area contributed by atoms with Gasteiger partial charge in [-0.15, -0.1) is 11.8 Å². The van der Waals surface area contributed by atoms with Gasteiger partial charge in [-0.3, -0.25) is 0 Å². The molecule has 22 heavy (non-hydrogen) atoms. The number of allylic oxidation sites excluding steroid dienone is 2. The Labute approximate surface area is 136 Å². The molecule has 2 nitrogen and oxygen atoms in total. The zero-order valence-electron chi connectivity index (χ0n) is 13.8. The lowest BCUT2D eigenvalue weighted by Crippen LogP contribution is -2.08. The van der Waals surface area contributed by atoms with Crippen LogP contribution in [-0.2, 0) is 6.42 Å². The summed E-state index contributed by atoms with van der Waals surface area (Å²) >= 11 is 1.66. The van der Waals surface area contributed by atoms with Crippen molar-refractivity contribution < 1.29 is 4.42 Å². The quantitative estimate of drug-likeness (QED) is 0.525. The fourth-order valence-corrected chi connectivity index (χ4v) is 3.41. The van der Waals surface area contributed by atoms with Crippen molar-refractivity contribution in [1.82, 2.24) is 0 Å². The van der Waals surface area contributed by atoms with E-state index in [9.17, 15) is 4.79 Å². The first-order chi connectivity index (χ1) is 10.5. The Morgan fingerprint density at radius 3 is 2.59 bits per heavy atom. The number of fused-ring (bicyclic) bond motifs is 1. The molecule has 0 aliphatic carbocycles. The molecule has 0 fully saturated rings. The van der Waals surface area contributed by atoms with E-state index in [2.05, 4.69) is 26.8 Å². The third-order valence-corrected chi connectivity index (χ3v) is 4.67. The third-order valence-electron chi connectivity index (χ3n) is 3.81. The minimum Gasteiger partial charge on any atom is -0.426 e. The summed E-state index contributed by atoms with van der Waals surface area (Å²) in [5.41, 5.74) is 1.13. The van der Waals surface area contributed by atoms with E-state index in [1.165, 1.54) is 5.57 Å². The third kappa shape index (κ3) is 4.04. The highest BCUT2D eigenvalue weighted by Crippen LogP contribution is 2.30. The molecule has 0 aliphatic heterocycles. The van der Waals surface area contributed by atoms with E-state index in [-0.39, 0.29) is 5.63 Å². The van der Waals surface area contributed by atoms with Crippen molar-refractivity contribution in [2.75, 3.05) is 6.26 Å². The molecule has 0 saturated heterocycles. The molecule has 0 N–H and O–H groups in total. The highest BCUT2D eigenvalue weighted by atomic mass is 32.2. The zero-order valence-corrected chi connectivity index (χ0v) is 14.6. The van der Waals surface area contributed by atoms with Gasteiger partial charge < -0.3 is 4.42 Å². The lowest BCUT2D eigenvalue weighted by Gasteiger charge is -2.13. The van der Waals surface area contributed by atoms with E-state index in [1.807, 2.05) is 30.5 Å². The monoisotopic (exact) mass is 316 g/mol. The Hall–Kier alpha value is -1.48. The maximum Gasteiger partial charge on any atom is 0.343 e. The number of hydrogen-bond donors (Lipinski definition) is 0. The first-order valence-corrected chi connectivity index (χ1v) is 8.97. The van der Waals surface area contributed by atoms with Gasteiger partial charge in [0.15, 0.2) is 0 Å². The molecule has 0 spiro atoms. The van der Waals surface area contributed by atoms with Crippen LogP contribution in [0.1, 0.15) is 39.4 Å². The highest BCUT2D eigenvalue weighted by Gasteiger charge is 2.15. The van der Waals surface area contributed by atoms with Crippen molar-refractivity contribution in [1.29, 1.82) is 0 Å². The summed E-state index contributed by atoms with van der Waals surface area (Å²) in [4.78, 5) is 13.3. The van der Waals surface area contributed by atoms with E-state index in [0.29, 0.717) is 11.3 Å². The minimum absolute atomic E-state index is 0.222. The topological polar surface area (TPSA) is 30.2 Å². The highest BCUT2D eigenvalue weighted by molar-refractivity contribution is 7.98. The molecule has 118 valence electrons. The van der Waals surface area contributed by atoms with Crippen LogP contribution in [0, 0.1) is 5.92 Å². The van der Waals surface area contributed by atoms with E-state index < -0.39 is 0 Å². The number of hydrogen-bond acceptors (Lipinski definition) is 3. The summed E-state index contributed by atoms with van der Waals surface area (Å²) in [6, 6.07) is 7.70. The van der Waals surface area contributed by atoms with Gasteiger partial charge in [0.25, 0.3) is 0 Å². The van der Waals surface area contributed by atoms with E-state index in [1.54, 1.807) is 11.8 Å². The van der Waals surface area contributed by atoms with Crippen molar-refractivity contribution >= 4 is 22.5 Å². The molecular weight excluding hydrogens is 292 g/mol. The molecule has 0 aliphatic rings. The van der Waals surface area contributed by atoms with Crippen molar-refractivity contribution in [3.8, 4) is 0 Å². The van der Waals surface area contributed by atoms with Crippen LogP contribution in [0.25, 0.3) is 10.8 Å². The van der Waals surface area contributed by atoms with Crippen LogP contribution in [0.4, 0.5) is 0 Å². The lowest BCUT2D eigenvalue weighted by molar-refractivity contribution is 0.406. The van der Waals surface area contributed by atoms with Gasteiger partial charge in [-0.05, 0) is 44.9 Å². The molecule has 1 heterocycles. The standard InChI is InChI=1S/C19H24O2S/c1-13(2)8-7-9-14(3)12-17-18(22-4)15-10-5-6-11-16(15)19(20)21-17/h5-6,8,10-11,14H,7,9,12H2,1-4H3/t14-/m1/s1. The largest absolute Gasteiger partial charge is 0.426 e. The van der Waals surface area contributed by atoms with E-state index in [4.69, 9.17) is 4.42 Å². The van der Waals surface area contributed by atoms with Gasteiger partial charge in [0.1, 0.15) is 5.76 Å². The van der Waals surface area contributed by atoms with E-state index in [0.717, 1.165) is 35.3 Å². The molecular formula is C19H24O2S. The molecule has 1 aromatic carbocycles. The number of rotatable bonds is 6. The molecule has 2 rings (SSSR count). The van der Waals surface area contributed by atoms with Gasteiger partial charge in [-0.1, -0.05) is 36.8 Å². The Morgan fingerprint density at radius 1 is 1.27 bits per heavy atom. The Balaban J connectivity index is 2.27. The van der Waals surface area contributed by atoms with Crippen LogP contribution in [0.2, 0.25) is 0 Å². The van der Waals surface area contributed by atoms with Crippen molar-refractivity contribution in [3.63, 3.8) is 0 Å². The second-order valence-corrected chi connectivity index (χ2v) is 6.88. The van der Waals surface area contributed by atoms with Gasteiger partial charge in [0.2, 0.25) is 0 Å². The predicted molar refractivity (Wildman–Crippen MR) is 95.8 cm³/mol. The summed E-state index contributed by atoms with van der Waals surface area (Å²) in [6.07, 6.45) is 7.31. The van der Waals surface area contributed by atoms with Crippen LogP contribution in [-0.4, -0.2) is 6.26 Å². The summed E-state index contributed by atoms with van der Waals surface area (Å²) in [7, 11) is 0. The summed E-state index contributed by atoms with van der Waals surface area (Å²) in [6.45, 7) is 6.47. The smallest absolute Gasteiger partial charge is 0.343 e.